The van der Waals surface area contributed by atoms with Crippen molar-refractivity contribution in [1.29, 1.82) is 0 Å². The number of hydrazine groups is 3. The minimum atomic E-state index is 0.227. The summed E-state index contributed by atoms with van der Waals surface area (Å²) in [6, 6.07) is 0. The lowest BCUT2D eigenvalue weighted by Gasteiger charge is -2.11. The lowest BCUT2D eigenvalue weighted by atomic mass is 11.0. The molecule has 0 aliphatic carbocycles. The SMILES string of the molecule is CN=C(NN)N(N)N. The first-order chi connectivity index (χ1) is 3.72. The number of rotatable bonds is 0. The van der Waals surface area contributed by atoms with Crippen LogP contribution in [-0.4, -0.2) is 18.1 Å². The second-order valence-electron chi connectivity index (χ2n) is 1.10. The van der Waals surface area contributed by atoms with Gasteiger partial charge in [0, 0.05) is 7.05 Å². The molecule has 6 nitrogen and oxygen atoms in total. The standard InChI is InChI=1S/C2H10N6/c1-6-2(7-3)8(4)5/h3-5H2,1H3,(H,6,7). The Morgan fingerprint density at radius 3 is 2.12 bits per heavy atom. The molecule has 0 aromatic carbocycles. The zero-order valence-electron chi connectivity index (χ0n) is 4.63. The fourth-order valence-electron chi connectivity index (χ4n) is 0.255. The minimum absolute atomic E-state index is 0.227. The Morgan fingerprint density at radius 2 is 2.12 bits per heavy atom. The van der Waals surface area contributed by atoms with Gasteiger partial charge in [0.2, 0.25) is 5.96 Å². The Labute approximate surface area is 47.2 Å². The second kappa shape index (κ2) is 3.19. The van der Waals surface area contributed by atoms with Crippen molar-refractivity contribution in [3.05, 3.63) is 0 Å². The molecule has 48 valence electrons. The average Bonchev–Trinajstić information content (AvgIpc) is 1.69. The summed E-state index contributed by atoms with van der Waals surface area (Å²) in [7, 11) is 1.52. The Kier molecular flexibility index (Phi) is 2.85. The van der Waals surface area contributed by atoms with E-state index in [1.807, 2.05) is 0 Å². The zero-order valence-corrected chi connectivity index (χ0v) is 4.63. The number of hydrogen-bond donors (Lipinski definition) is 4. The third-order valence-corrected chi connectivity index (χ3v) is 0.585. The maximum atomic E-state index is 5.00. The van der Waals surface area contributed by atoms with Crippen LogP contribution in [0.5, 0.6) is 0 Å². The van der Waals surface area contributed by atoms with Crippen LogP contribution in [0.2, 0.25) is 0 Å². The Balaban J connectivity index is 3.72. The number of nitrogens with zero attached hydrogens (tertiary/aromatic N) is 2. The summed E-state index contributed by atoms with van der Waals surface area (Å²) in [4.78, 5) is 3.56. The van der Waals surface area contributed by atoms with E-state index in [0.29, 0.717) is 0 Å². The van der Waals surface area contributed by atoms with Crippen molar-refractivity contribution < 1.29 is 0 Å². The molecule has 0 unspecified atom stereocenters. The fraction of sp³-hybridized carbons (Fsp3) is 0.500. The van der Waals surface area contributed by atoms with Crippen LogP contribution in [0, 0.1) is 0 Å². The first-order valence-corrected chi connectivity index (χ1v) is 1.95. The Morgan fingerprint density at radius 1 is 1.62 bits per heavy atom. The maximum Gasteiger partial charge on any atom is 0.237 e. The van der Waals surface area contributed by atoms with E-state index in [-0.39, 0.29) is 5.96 Å². The first-order valence-electron chi connectivity index (χ1n) is 1.95. The summed E-state index contributed by atoms with van der Waals surface area (Å²) in [6.45, 7) is 0. The molecule has 0 saturated heterocycles. The summed E-state index contributed by atoms with van der Waals surface area (Å²) in [6.07, 6.45) is 0. The molecule has 0 fully saturated rings. The number of nitrogens with one attached hydrogen (secondary N) is 1. The molecule has 0 heterocycles. The predicted molar refractivity (Wildman–Crippen MR) is 30.9 cm³/mol. The van der Waals surface area contributed by atoms with Crippen molar-refractivity contribution in [2.24, 2.45) is 22.5 Å². The highest BCUT2D eigenvalue weighted by atomic mass is 15.7. The van der Waals surface area contributed by atoms with Crippen LogP contribution in [-0.2, 0) is 0 Å². The minimum Gasteiger partial charge on any atom is -0.292 e. The largest absolute Gasteiger partial charge is 0.292 e. The Hall–Kier alpha value is -0.850. The van der Waals surface area contributed by atoms with Crippen LogP contribution in [0.25, 0.3) is 0 Å². The van der Waals surface area contributed by atoms with E-state index in [4.69, 9.17) is 17.5 Å². The zero-order chi connectivity index (χ0) is 6.57. The molecule has 0 amide bonds. The molecular formula is C2H10N6. The third-order valence-electron chi connectivity index (χ3n) is 0.585. The van der Waals surface area contributed by atoms with Gasteiger partial charge in [-0.05, 0) is 0 Å². The molecule has 0 radical (unpaired) electrons. The van der Waals surface area contributed by atoms with Crippen molar-refractivity contribution in [2.75, 3.05) is 7.05 Å². The molecule has 0 aliphatic rings. The van der Waals surface area contributed by atoms with Gasteiger partial charge in [-0.2, -0.15) is 0 Å². The highest BCUT2D eigenvalue weighted by Gasteiger charge is 1.93. The smallest absolute Gasteiger partial charge is 0.237 e. The van der Waals surface area contributed by atoms with Crippen molar-refractivity contribution in [2.45, 2.75) is 0 Å². The molecule has 0 saturated carbocycles. The molecule has 0 aromatic rings. The van der Waals surface area contributed by atoms with Crippen LogP contribution < -0.4 is 23.0 Å². The predicted octanol–water partition coefficient (Wildman–Crippen LogP) is -2.52. The van der Waals surface area contributed by atoms with Gasteiger partial charge in [-0.25, -0.2) is 22.6 Å². The van der Waals surface area contributed by atoms with Gasteiger partial charge in [0.1, 0.15) is 0 Å². The average molecular weight is 118 g/mol. The summed E-state index contributed by atoms with van der Waals surface area (Å²) in [5.74, 6) is 15.1. The van der Waals surface area contributed by atoms with E-state index in [0.717, 1.165) is 5.12 Å². The quantitative estimate of drug-likeness (QED) is 0.122. The summed E-state index contributed by atoms with van der Waals surface area (Å²) in [5.41, 5.74) is 2.18. The third kappa shape index (κ3) is 1.73. The molecule has 0 spiro atoms. The van der Waals surface area contributed by atoms with Gasteiger partial charge >= 0.3 is 0 Å². The number of hydrogen-bond acceptors (Lipinski definition) is 4. The number of nitrogens with two attached hydrogens (primary N) is 3. The van der Waals surface area contributed by atoms with Gasteiger partial charge < -0.3 is 0 Å². The van der Waals surface area contributed by atoms with Gasteiger partial charge in [0.15, 0.2) is 0 Å². The molecule has 8 heavy (non-hydrogen) atoms. The van der Waals surface area contributed by atoms with Gasteiger partial charge in [-0.1, -0.05) is 0 Å². The lowest BCUT2D eigenvalue weighted by Crippen LogP contribution is -2.52. The molecular weight excluding hydrogens is 108 g/mol. The molecule has 0 aliphatic heterocycles. The molecule has 0 aromatic heterocycles. The van der Waals surface area contributed by atoms with E-state index in [2.05, 4.69) is 10.4 Å². The fourth-order valence-corrected chi connectivity index (χ4v) is 0.255. The highest BCUT2D eigenvalue weighted by molar-refractivity contribution is 5.77. The van der Waals surface area contributed by atoms with E-state index in [1.54, 1.807) is 0 Å². The van der Waals surface area contributed by atoms with Crippen molar-refractivity contribution in [3.8, 4) is 0 Å². The molecule has 0 rings (SSSR count). The normalized spacial score (nSPS) is 11.2. The maximum absolute atomic E-state index is 5.00. The summed E-state index contributed by atoms with van der Waals surface area (Å²) in [5, 5.41) is 0.792. The molecule has 0 atom stereocenters. The van der Waals surface area contributed by atoms with Crippen molar-refractivity contribution in [3.63, 3.8) is 0 Å². The summed E-state index contributed by atoms with van der Waals surface area (Å²) >= 11 is 0. The van der Waals surface area contributed by atoms with Crippen LogP contribution in [0.3, 0.4) is 0 Å². The van der Waals surface area contributed by atoms with Crippen LogP contribution >= 0.6 is 0 Å². The lowest BCUT2D eigenvalue weighted by molar-refractivity contribution is 0.445. The van der Waals surface area contributed by atoms with Crippen LogP contribution in [0.1, 0.15) is 0 Å². The van der Waals surface area contributed by atoms with E-state index in [9.17, 15) is 0 Å². The topological polar surface area (TPSA) is 106 Å². The molecule has 6 heteroatoms. The van der Waals surface area contributed by atoms with E-state index < -0.39 is 0 Å². The van der Waals surface area contributed by atoms with Gasteiger partial charge in [0.25, 0.3) is 0 Å². The van der Waals surface area contributed by atoms with Gasteiger partial charge in [-0.3, -0.25) is 10.4 Å². The molecule has 0 bridgehead atoms. The van der Waals surface area contributed by atoms with Crippen molar-refractivity contribution >= 4 is 5.96 Å². The van der Waals surface area contributed by atoms with Gasteiger partial charge in [0.05, 0.1) is 0 Å². The highest BCUT2D eigenvalue weighted by Crippen LogP contribution is 1.63. The number of aliphatic imine (C=N–C) groups is 1. The second-order valence-corrected chi connectivity index (χ2v) is 1.10. The first kappa shape index (κ1) is 7.15. The van der Waals surface area contributed by atoms with E-state index in [1.165, 1.54) is 7.05 Å². The van der Waals surface area contributed by atoms with Crippen LogP contribution in [0.15, 0.2) is 4.99 Å². The molecule has 7 N–H and O–H groups in total. The summed E-state index contributed by atoms with van der Waals surface area (Å²) < 4.78 is 0. The Bertz CT molecular complexity index is 84.5. The number of guanidine groups is 1. The van der Waals surface area contributed by atoms with Crippen LogP contribution in [0.4, 0.5) is 0 Å². The van der Waals surface area contributed by atoms with E-state index >= 15 is 0 Å². The van der Waals surface area contributed by atoms with Gasteiger partial charge in [-0.15, -0.1) is 0 Å². The monoisotopic (exact) mass is 118 g/mol. The van der Waals surface area contributed by atoms with Crippen molar-refractivity contribution in [1.82, 2.24) is 10.5 Å².